The number of carbonyl (C=O) groups is 1. The van der Waals surface area contributed by atoms with E-state index in [0.717, 1.165) is 23.4 Å². The van der Waals surface area contributed by atoms with E-state index in [9.17, 15) is 9.59 Å². The SMILES string of the molecule is O=C(c1cc(-c2ccccc2)n[nH]1)N1C[C@H]2C[C@@H](C1)c1cccc(=O)n1C2. The largest absolute Gasteiger partial charge is 0.336 e. The van der Waals surface area contributed by atoms with Crippen LogP contribution in [0.3, 0.4) is 0 Å². The fourth-order valence-corrected chi connectivity index (χ4v) is 4.42. The van der Waals surface area contributed by atoms with Crippen molar-refractivity contribution in [3.8, 4) is 11.3 Å². The van der Waals surface area contributed by atoms with Gasteiger partial charge in [0.25, 0.3) is 11.5 Å². The number of rotatable bonds is 2. The average Bonchev–Trinajstić information content (AvgIpc) is 3.19. The molecule has 6 heteroatoms. The number of hydrogen-bond donors (Lipinski definition) is 1. The number of benzene rings is 1. The maximum absolute atomic E-state index is 13.0. The molecule has 5 rings (SSSR count). The van der Waals surface area contributed by atoms with Crippen LogP contribution in [0.4, 0.5) is 0 Å². The summed E-state index contributed by atoms with van der Waals surface area (Å²) < 4.78 is 1.88. The third kappa shape index (κ3) is 2.77. The fraction of sp³-hybridized carbons (Fsp3) is 0.286. The van der Waals surface area contributed by atoms with E-state index in [-0.39, 0.29) is 17.4 Å². The number of aromatic nitrogens is 3. The quantitative estimate of drug-likeness (QED) is 0.763. The van der Waals surface area contributed by atoms with Gasteiger partial charge in [0.1, 0.15) is 5.69 Å². The summed E-state index contributed by atoms with van der Waals surface area (Å²) in [6.07, 6.45) is 1.03. The minimum Gasteiger partial charge on any atom is -0.336 e. The van der Waals surface area contributed by atoms with Gasteiger partial charge in [0.05, 0.1) is 5.69 Å². The van der Waals surface area contributed by atoms with Gasteiger partial charge in [-0.1, -0.05) is 36.4 Å². The molecule has 3 aromatic rings. The van der Waals surface area contributed by atoms with Crippen LogP contribution in [0.2, 0.25) is 0 Å². The van der Waals surface area contributed by atoms with E-state index in [4.69, 9.17) is 0 Å². The van der Waals surface area contributed by atoms with Crippen molar-refractivity contribution in [2.45, 2.75) is 18.9 Å². The maximum Gasteiger partial charge on any atom is 0.271 e. The summed E-state index contributed by atoms with van der Waals surface area (Å²) in [6.45, 7) is 2.00. The molecule has 0 radical (unpaired) electrons. The van der Waals surface area contributed by atoms with Crippen LogP contribution in [0, 0.1) is 5.92 Å². The van der Waals surface area contributed by atoms with Crippen molar-refractivity contribution in [2.24, 2.45) is 5.92 Å². The molecule has 2 aliphatic rings. The van der Waals surface area contributed by atoms with Gasteiger partial charge < -0.3 is 9.47 Å². The van der Waals surface area contributed by atoms with Crippen molar-refractivity contribution >= 4 is 5.91 Å². The lowest BCUT2D eigenvalue weighted by Gasteiger charge is -2.42. The van der Waals surface area contributed by atoms with Gasteiger partial charge in [0, 0.05) is 42.9 Å². The van der Waals surface area contributed by atoms with Crippen LogP contribution in [0.1, 0.15) is 28.5 Å². The summed E-state index contributed by atoms with van der Waals surface area (Å²) in [6, 6.07) is 17.1. The minimum atomic E-state index is -0.0221. The second kappa shape index (κ2) is 6.23. The Morgan fingerprint density at radius 1 is 1.04 bits per heavy atom. The molecular weight excluding hydrogens is 340 g/mol. The summed E-state index contributed by atoms with van der Waals surface area (Å²) in [5.74, 6) is 0.509. The van der Waals surface area contributed by atoms with Gasteiger partial charge in [0.15, 0.2) is 0 Å². The Morgan fingerprint density at radius 3 is 2.74 bits per heavy atom. The van der Waals surface area contributed by atoms with Crippen molar-refractivity contribution < 1.29 is 4.79 Å². The minimum absolute atomic E-state index is 0.0221. The topological polar surface area (TPSA) is 71.0 Å². The molecule has 2 bridgehead atoms. The molecule has 2 aromatic heterocycles. The Morgan fingerprint density at radius 2 is 1.89 bits per heavy atom. The molecule has 0 saturated carbocycles. The third-order valence-corrected chi connectivity index (χ3v) is 5.64. The van der Waals surface area contributed by atoms with Gasteiger partial charge in [0.2, 0.25) is 0 Å². The second-order valence-corrected chi connectivity index (χ2v) is 7.44. The van der Waals surface area contributed by atoms with Gasteiger partial charge >= 0.3 is 0 Å². The van der Waals surface area contributed by atoms with Crippen LogP contribution in [-0.2, 0) is 6.54 Å². The lowest BCUT2D eigenvalue weighted by Crippen LogP contribution is -2.49. The van der Waals surface area contributed by atoms with E-state index in [1.165, 1.54) is 0 Å². The number of piperidine rings is 1. The molecule has 2 atom stereocenters. The zero-order chi connectivity index (χ0) is 18.4. The van der Waals surface area contributed by atoms with Crippen LogP contribution in [0.5, 0.6) is 0 Å². The van der Waals surface area contributed by atoms with Crippen molar-refractivity contribution in [3.05, 3.63) is 76.3 Å². The van der Waals surface area contributed by atoms with Gasteiger partial charge in [-0.3, -0.25) is 14.7 Å². The summed E-state index contributed by atoms with van der Waals surface area (Å²) in [5, 5.41) is 7.20. The first-order chi connectivity index (χ1) is 13.2. The predicted molar refractivity (Wildman–Crippen MR) is 101 cm³/mol. The number of carbonyl (C=O) groups excluding carboxylic acids is 1. The Bertz CT molecular complexity index is 1050. The maximum atomic E-state index is 13.0. The van der Waals surface area contributed by atoms with Crippen LogP contribution in [-0.4, -0.2) is 38.7 Å². The smallest absolute Gasteiger partial charge is 0.271 e. The molecule has 136 valence electrons. The van der Waals surface area contributed by atoms with Crippen molar-refractivity contribution in [2.75, 3.05) is 13.1 Å². The fourth-order valence-electron chi connectivity index (χ4n) is 4.42. The number of amides is 1. The van der Waals surface area contributed by atoms with Gasteiger partial charge in [-0.15, -0.1) is 0 Å². The number of fused-ring (bicyclic) bond motifs is 4. The van der Waals surface area contributed by atoms with Gasteiger partial charge in [-0.05, 0) is 24.5 Å². The van der Waals surface area contributed by atoms with Gasteiger partial charge in [-0.25, -0.2) is 0 Å². The van der Waals surface area contributed by atoms with Crippen LogP contribution >= 0.6 is 0 Å². The standard InChI is InChI=1S/C21H20N4O2/c26-20-8-4-7-19-16-9-14(12-25(19)20)11-24(13-16)21(27)18-10-17(22-23-18)15-5-2-1-3-6-15/h1-8,10,14,16H,9,11-13H2,(H,22,23)/t14-,16+/m1/s1. The molecule has 1 fully saturated rings. The molecule has 1 amide bonds. The first kappa shape index (κ1) is 16.1. The number of likely N-dealkylation sites (tertiary alicyclic amines) is 1. The number of nitrogens with one attached hydrogen (secondary N) is 1. The molecule has 0 spiro atoms. The first-order valence-corrected chi connectivity index (χ1v) is 9.29. The number of nitrogens with zero attached hydrogens (tertiary/aromatic N) is 3. The molecule has 1 aromatic carbocycles. The molecule has 4 heterocycles. The average molecular weight is 360 g/mol. The highest BCUT2D eigenvalue weighted by molar-refractivity contribution is 5.93. The highest BCUT2D eigenvalue weighted by atomic mass is 16.2. The molecule has 0 unspecified atom stereocenters. The summed E-state index contributed by atoms with van der Waals surface area (Å²) in [4.78, 5) is 27.1. The van der Waals surface area contributed by atoms with E-state index in [1.807, 2.05) is 58.0 Å². The molecule has 1 N–H and O–H groups in total. The Labute approximate surface area is 156 Å². The lowest BCUT2D eigenvalue weighted by molar-refractivity contribution is 0.0588. The van der Waals surface area contributed by atoms with Crippen LogP contribution < -0.4 is 5.56 Å². The molecule has 2 aliphatic heterocycles. The first-order valence-electron chi connectivity index (χ1n) is 9.29. The Balaban J connectivity index is 1.40. The highest BCUT2D eigenvalue weighted by Crippen LogP contribution is 2.35. The van der Waals surface area contributed by atoms with Crippen molar-refractivity contribution in [3.63, 3.8) is 0 Å². The van der Waals surface area contributed by atoms with E-state index >= 15 is 0 Å². The number of aromatic amines is 1. The molecule has 6 nitrogen and oxygen atoms in total. The van der Waals surface area contributed by atoms with Gasteiger partial charge in [-0.2, -0.15) is 5.10 Å². The normalized spacial score (nSPS) is 21.0. The van der Waals surface area contributed by atoms with Crippen molar-refractivity contribution in [1.82, 2.24) is 19.7 Å². The Hall–Kier alpha value is -3.15. The van der Waals surface area contributed by atoms with Crippen molar-refractivity contribution in [1.29, 1.82) is 0 Å². The monoisotopic (exact) mass is 360 g/mol. The molecule has 1 saturated heterocycles. The van der Waals surface area contributed by atoms with Crippen LogP contribution in [0.15, 0.2) is 59.4 Å². The summed E-state index contributed by atoms with van der Waals surface area (Å²) in [7, 11) is 0. The highest BCUT2D eigenvalue weighted by Gasteiger charge is 2.36. The summed E-state index contributed by atoms with van der Waals surface area (Å²) >= 11 is 0. The third-order valence-electron chi connectivity index (χ3n) is 5.64. The molecule has 0 aliphatic carbocycles. The van der Waals surface area contributed by atoms with E-state index in [2.05, 4.69) is 10.2 Å². The van der Waals surface area contributed by atoms with Crippen LogP contribution in [0.25, 0.3) is 11.3 Å². The predicted octanol–water partition coefficient (Wildman–Crippen LogP) is 2.50. The number of H-pyrrole nitrogens is 1. The molecular formula is C21H20N4O2. The number of hydrogen-bond acceptors (Lipinski definition) is 3. The molecule has 27 heavy (non-hydrogen) atoms. The second-order valence-electron chi connectivity index (χ2n) is 7.44. The Kier molecular flexibility index (Phi) is 3.70. The zero-order valence-corrected chi connectivity index (χ0v) is 14.8. The summed E-state index contributed by atoms with van der Waals surface area (Å²) in [5.41, 5.74) is 3.37. The van der Waals surface area contributed by atoms with E-state index in [0.29, 0.717) is 31.2 Å². The van der Waals surface area contributed by atoms with E-state index < -0.39 is 0 Å². The zero-order valence-electron chi connectivity index (χ0n) is 14.8. The van der Waals surface area contributed by atoms with E-state index in [1.54, 1.807) is 6.07 Å². The lowest BCUT2D eigenvalue weighted by atomic mass is 9.83. The number of pyridine rings is 1.